The maximum absolute atomic E-state index is 13.6. The lowest BCUT2D eigenvalue weighted by molar-refractivity contribution is -0.141. The van der Waals surface area contributed by atoms with Gasteiger partial charge in [0.25, 0.3) is 10.0 Å². The molecule has 8 aromatic carbocycles. The van der Waals surface area contributed by atoms with E-state index >= 15 is 0 Å². The Morgan fingerprint density at radius 2 is 0.776 bits per heavy atom. The number of sulfonamides is 5. The van der Waals surface area contributed by atoms with Gasteiger partial charge in [-0.2, -0.15) is 8.61 Å². The van der Waals surface area contributed by atoms with Crippen LogP contribution in [0.1, 0.15) is 63.5 Å². The zero-order valence-corrected chi connectivity index (χ0v) is 75.1. The molecule has 9 aromatic rings. The van der Waals surface area contributed by atoms with Gasteiger partial charge in [0.15, 0.2) is 5.03 Å². The average molecular weight is 1930 g/mol. The Hall–Kier alpha value is -9.35. The Kier molecular flexibility index (Phi) is 33.6. The summed E-state index contributed by atoms with van der Waals surface area (Å²) < 4.78 is 214. The number of amides is 2. The van der Waals surface area contributed by atoms with E-state index in [2.05, 4.69) is 15.6 Å². The van der Waals surface area contributed by atoms with Crippen molar-refractivity contribution in [2.24, 2.45) is 36.6 Å². The highest BCUT2D eigenvalue weighted by atomic mass is 35.5. The molecule has 2 amide bonds. The lowest BCUT2D eigenvalue weighted by Gasteiger charge is -2.34. The molecule has 5 aliphatic heterocycles. The molecule has 14 rings (SSSR count). The summed E-state index contributed by atoms with van der Waals surface area (Å²) in [5.41, 5.74) is 3.32. The van der Waals surface area contributed by atoms with E-state index in [1.807, 2.05) is 12.1 Å². The van der Waals surface area contributed by atoms with Crippen molar-refractivity contribution < 1.29 is 102 Å². The topological polar surface area (TPSA) is 342 Å². The first-order chi connectivity index (χ1) is 59.0. The third kappa shape index (κ3) is 26.0. The Morgan fingerprint density at radius 3 is 1.15 bits per heavy atom. The third-order valence-corrected chi connectivity index (χ3v) is 30.3. The quantitative estimate of drug-likeness (QED) is 0.0431. The zero-order valence-electron chi connectivity index (χ0n) is 67.2. The molecule has 2 N–H and O–H groups in total. The van der Waals surface area contributed by atoms with Crippen LogP contribution in [0.3, 0.4) is 0 Å². The lowest BCUT2D eigenvalue weighted by atomic mass is 9.93. The molecule has 6 heterocycles. The van der Waals surface area contributed by atoms with Crippen molar-refractivity contribution in [2.45, 2.75) is 75.1 Å². The normalized spacial score (nSPS) is 18.1. The van der Waals surface area contributed by atoms with Crippen LogP contribution in [0.15, 0.2) is 192 Å². The number of anilines is 4. The van der Waals surface area contributed by atoms with Crippen LogP contribution in [0.25, 0.3) is 0 Å². The number of imidazole rings is 1. The van der Waals surface area contributed by atoms with E-state index in [-0.39, 0.29) is 120 Å². The van der Waals surface area contributed by atoms with Crippen molar-refractivity contribution >= 4 is 161 Å². The molecule has 0 radical (unpaired) electrons. The van der Waals surface area contributed by atoms with Crippen molar-refractivity contribution in [3.8, 4) is 17.2 Å². The fourth-order valence-electron chi connectivity index (χ4n) is 13.7. The molecule has 5 atom stereocenters. The molecule has 3 fully saturated rings. The second-order valence-corrected chi connectivity index (χ2v) is 41.4. The second-order valence-electron chi connectivity index (χ2n) is 29.2. The van der Waals surface area contributed by atoms with Gasteiger partial charge < -0.3 is 29.4 Å². The van der Waals surface area contributed by atoms with E-state index in [9.17, 15) is 88.0 Å². The van der Waals surface area contributed by atoms with Gasteiger partial charge >= 0.3 is 17.9 Å². The SMILES string of the molecule is CCS(=O)(=O)N1CC(C(=O)Nc2ccc(Cl)c(F)c2)Cc2ccccc21.CCS(=O)(=O)N1CCC[C@H](C(=O)Oc2ccc(Cl)c(F)c2)C1.CS(=O)(=O)N1CC(C(=O)Nc2ccc(Cl)c(F)c2)Cc2ccccc21.Cn1cnc(S(=O)(=O)N2CCC[C@H](C(=O)Oc3ccc(Cl)c(F)c3)C2)c1.O=C(Oc1ccc(Cl)c(F)c1)[C@H]1CCCN(S(=O)(=O)c2ccccc2)C1. The molecular weight excluding hydrogens is 1840 g/mol. The monoisotopic (exact) mass is 1930 g/mol. The van der Waals surface area contributed by atoms with E-state index in [1.165, 1.54) is 111 Å². The molecule has 42 heteroatoms. The molecule has 3 saturated heterocycles. The number of nitrogens with one attached hydrogen (secondary N) is 2. The first kappa shape index (κ1) is 97.8. The number of hydrogen-bond donors (Lipinski definition) is 2. The summed E-state index contributed by atoms with van der Waals surface area (Å²) in [7, 11) is -16.1. The summed E-state index contributed by atoms with van der Waals surface area (Å²) in [6.45, 7) is 4.41. The number of benzene rings is 8. The van der Waals surface area contributed by atoms with Crippen molar-refractivity contribution in [3.05, 3.63) is 248 Å². The predicted molar refractivity (Wildman–Crippen MR) is 464 cm³/mol. The van der Waals surface area contributed by atoms with Crippen LogP contribution >= 0.6 is 58.0 Å². The second kappa shape index (κ2) is 43.0. The number of fused-ring (bicyclic) bond motifs is 2. The molecule has 1 aromatic heterocycles. The van der Waals surface area contributed by atoms with Gasteiger partial charge in [0.1, 0.15) is 46.3 Å². The number of nitrogens with zero attached hydrogens (tertiary/aromatic N) is 7. The Labute approximate surface area is 745 Å². The summed E-state index contributed by atoms with van der Waals surface area (Å²) in [6.07, 6.45) is 7.93. The van der Waals surface area contributed by atoms with E-state index in [1.54, 1.807) is 75.5 Å². The molecule has 0 aliphatic carbocycles. The highest BCUT2D eigenvalue weighted by Crippen LogP contribution is 2.37. The van der Waals surface area contributed by atoms with E-state index in [0.717, 1.165) is 47.7 Å². The Balaban J connectivity index is 0.000000163. The minimum atomic E-state index is -3.78. The van der Waals surface area contributed by atoms with Crippen LogP contribution in [0, 0.1) is 58.7 Å². The summed E-state index contributed by atoms with van der Waals surface area (Å²) >= 11 is 28.0. The molecule has 0 saturated carbocycles. The molecule has 670 valence electrons. The van der Waals surface area contributed by atoms with Crippen LogP contribution in [0.4, 0.5) is 44.7 Å². The van der Waals surface area contributed by atoms with Gasteiger partial charge in [-0.3, -0.25) is 32.6 Å². The number of para-hydroxylation sites is 2. The van der Waals surface area contributed by atoms with Gasteiger partial charge in [0.2, 0.25) is 51.9 Å². The summed E-state index contributed by atoms with van der Waals surface area (Å²) in [5, 5.41) is 4.94. The fraction of sp³-hybridized carbons (Fsp3) is 0.325. The number of carbonyl (C=O) groups is 5. The number of hydrogen-bond acceptors (Lipinski definition) is 19. The molecule has 0 bridgehead atoms. The van der Waals surface area contributed by atoms with Crippen LogP contribution in [0.2, 0.25) is 25.1 Å². The highest BCUT2D eigenvalue weighted by Gasteiger charge is 2.40. The molecule has 5 aliphatic rings. The van der Waals surface area contributed by atoms with Gasteiger partial charge in [-0.05, 0) is 173 Å². The van der Waals surface area contributed by atoms with Gasteiger partial charge in [-0.25, -0.2) is 73.3 Å². The van der Waals surface area contributed by atoms with E-state index in [0.29, 0.717) is 82.4 Å². The average Bonchev–Trinajstić information content (AvgIpc) is 1.34. The first-order valence-corrected chi connectivity index (χ1v) is 48.6. The van der Waals surface area contributed by atoms with E-state index in [4.69, 9.17) is 72.2 Å². The van der Waals surface area contributed by atoms with Crippen molar-refractivity contribution in [1.82, 2.24) is 22.5 Å². The molecular formula is C83H85Cl5F5N9O18S5. The van der Waals surface area contributed by atoms with Gasteiger partial charge in [0, 0.05) is 95.2 Å². The Morgan fingerprint density at radius 1 is 0.424 bits per heavy atom. The van der Waals surface area contributed by atoms with Crippen LogP contribution in [0.5, 0.6) is 17.2 Å². The number of esters is 3. The van der Waals surface area contributed by atoms with Crippen molar-refractivity contribution in [2.75, 3.05) is 89.4 Å². The molecule has 125 heavy (non-hydrogen) atoms. The molecule has 0 spiro atoms. The minimum absolute atomic E-state index is 0.00281. The number of carbonyl (C=O) groups excluding carboxylic acids is 5. The highest BCUT2D eigenvalue weighted by molar-refractivity contribution is 7.93. The predicted octanol–water partition coefficient (Wildman–Crippen LogP) is 14.7. The first-order valence-electron chi connectivity index (χ1n) is 38.7. The largest absolute Gasteiger partial charge is 0.426 e. The summed E-state index contributed by atoms with van der Waals surface area (Å²) in [6, 6.07) is 41.4. The minimum Gasteiger partial charge on any atom is -0.426 e. The number of rotatable bonds is 19. The number of aryl methyl sites for hydroxylation is 1. The maximum atomic E-state index is 13.6. The van der Waals surface area contributed by atoms with Gasteiger partial charge in [-0.15, -0.1) is 0 Å². The van der Waals surface area contributed by atoms with Crippen LogP contribution in [-0.4, -0.2) is 164 Å². The zero-order chi connectivity index (χ0) is 91.0. The van der Waals surface area contributed by atoms with Crippen LogP contribution in [-0.2, 0) is 94.0 Å². The Bertz CT molecular complexity index is 6070. The number of piperidine rings is 3. The number of halogens is 10. The standard InChI is InChI=1S/C18H18ClFN2O3S.C18H17ClFNO4S.C17H16ClFN2O3S.C16H17ClFN3O4S.C14H17ClFNO4S/c1-2-26(24,25)22-11-13(9-12-5-3-4-6-17(12)22)18(23)21-14-7-8-15(19)16(20)10-14;19-16-9-8-14(11-17(16)20)25-18(22)13-5-4-10-21(12-13)26(23,24)15-6-2-1-3-7-15;1-25(23,24)21-10-12(8-11-4-2-3-5-16(11)21)17(22)20-13-6-7-14(18)15(19)9-13;1-20-9-15(19-10-20)26(23,24)21-6-2-3-11(8-21)16(22)25-12-4-5-13(17)14(18)7-12;1-2-22(19,20)17-7-3-4-10(9-17)14(18)21-11-5-6-12(15)13(16)8-11/h3-8,10,13H,2,9,11H2,1H3,(H,21,23);1-3,6-9,11,13H,4-5,10,12H2;2-7,9,12H,8,10H2,1H3,(H,20,22);4-5,7,9-11H,2-3,6,8H2,1H3;5-6,8,10H,2-4,7,9H2,1H3/t;13-;;11-;10-/m.0.00/s1. The van der Waals surface area contributed by atoms with Gasteiger partial charge in [0.05, 0.1) is 95.1 Å². The van der Waals surface area contributed by atoms with Crippen LogP contribution < -0.4 is 33.5 Å². The van der Waals surface area contributed by atoms with Crippen molar-refractivity contribution in [3.63, 3.8) is 0 Å². The molecule has 2 unspecified atom stereocenters. The third-order valence-electron chi connectivity index (χ3n) is 20.3. The fourth-order valence-corrected chi connectivity index (χ4v) is 20.7. The smallest absolute Gasteiger partial charge is 0.315 e. The molecule has 27 nitrogen and oxygen atoms in total. The van der Waals surface area contributed by atoms with Crippen molar-refractivity contribution in [1.29, 1.82) is 0 Å². The summed E-state index contributed by atoms with van der Waals surface area (Å²) in [5.74, 6) is -8.69. The number of ether oxygens (including phenoxy) is 3. The number of aromatic nitrogens is 2. The van der Waals surface area contributed by atoms with Gasteiger partial charge in [-0.1, -0.05) is 113 Å². The maximum Gasteiger partial charge on any atom is 0.315 e. The summed E-state index contributed by atoms with van der Waals surface area (Å²) in [4.78, 5) is 66.1. The lowest BCUT2D eigenvalue weighted by Crippen LogP contribution is -2.44. The van der Waals surface area contributed by atoms with E-state index < -0.39 is 127 Å².